The van der Waals surface area contributed by atoms with E-state index in [4.69, 9.17) is 9.47 Å². The van der Waals surface area contributed by atoms with Crippen LogP contribution in [-0.2, 0) is 20.9 Å². The Balaban J connectivity index is 1.68. The summed E-state index contributed by atoms with van der Waals surface area (Å²) in [7, 11) is 0. The van der Waals surface area contributed by atoms with Crippen LogP contribution < -0.4 is 5.32 Å². The third-order valence-electron chi connectivity index (χ3n) is 6.70. The summed E-state index contributed by atoms with van der Waals surface area (Å²) in [5.41, 5.74) is 0.316. The molecule has 3 atom stereocenters. The molecule has 0 radical (unpaired) electrons. The largest absolute Gasteiger partial charge is 0.445 e. The number of carbonyl (C=O) groups excluding carboxylic acids is 3. The van der Waals surface area contributed by atoms with Crippen LogP contribution in [0.25, 0.3) is 0 Å². The van der Waals surface area contributed by atoms with Crippen LogP contribution in [0.5, 0.6) is 0 Å². The average Bonchev–Trinajstić information content (AvgIpc) is 2.80. The number of alkyl carbamates (subject to hydrolysis) is 1. The number of nitrogens with zero attached hydrogens (tertiary/aromatic N) is 2. The molecule has 1 N–H and O–H groups in total. The maximum absolute atomic E-state index is 13.9. The highest BCUT2D eigenvalue weighted by Crippen LogP contribution is 2.29. The topological polar surface area (TPSA) is 88.2 Å². The lowest BCUT2D eigenvalue weighted by Gasteiger charge is -2.46. The van der Waals surface area contributed by atoms with E-state index in [0.29, 0.717) is 13.1 Å². The van der Waals surface area contributed by atoms with Crippen LogP contribution in [0.2, 0.25) is 0 Å². The number of carbonyl (C=O) groups is 3. The van der Waals surface area contributed by atoms with Crippen molar-refractivity contribution in [2.24, 2.45) is 5.92 Å². The molecule has 0 bridgehead atoms. The molecule has 1 heterocycles. The number of hydrogen-bond acceptors (Lipinski definition) is 5. The van der Waals surface area contributed by atoms with Crippen LogP contribution in [0.4, 0.5) is 9.59 Å². The summed E-state index contributed by atoms with van der Waals surface area (Å²) in [5.74, 6) is -0.0267. The molecule has 0 aromatic heterocycles. The molecule has 8 nitrogen and oxygen atoms in total. The van der Waals surface area contributed by atoms with Gasteiger partial charge in [-0.05, 0) is 58.9 Å². The van der Waals surface area contributed by atoms with E-state index in [-0.39, 0.29) is 36.6 Å². The zero-order valence-corrected chi connectivity index (χ0v) is 21.8. The third kappa shape index (κ3) is 7.61. The highest BCUT2D eigenvalue weighted by atomic mass is 16.6. The van der Waals surface area contributed by atoms with Crippen LogP contribution in [0.15, 0.2) is 30.3 Å². The van der Waals surface area contributed by atoms with Crippen LogP contribution in [0.3, 0.4) is 0 Å². The molecular formula is C27H41N3O5. The normalized spacial score (nSPS) is 22.3. The molecule has 35 heavy (non-hydrogen) atoms. The fourth-order valence-electron chi connectivity index (χ4n) is 5.13. The summed E-state index contributed by atoms with van der Waals surface area (Å²) in [6.45, 7) is 10.3. The Labute approximate surface area is 209 Å². The van der Waals surface area contributed by atoms with E-state index in [1.165, 1.54) is 0 Å². The average molecular weight is 488 g/mol. The Morgan fingerprint density at radius 3 is 2.17 bits per heavy atom. The second-order valence-electron chi connectivity index (χ2n) is 10.9. The fraction of sp³-hybridized carbons (Fsp3) is 0.667. The second-order valence-corrected chi connectivity index (χ2v) is 10.9. The Hall–Kier alpha value is -2.77. The van der Waals surface area contributed by atoms with Gasteiger partial charge in [0.1, 0.15) is 18.2 Å². The summed E-state index contributed by atoms with van der Waals surface area (Å²) >= 11 is 0. The summed E-state index contributed by atoms with van der Waals surface area (Å²) < 4.78 is 11.0. The van der Waals surface area contributed by atoms with E-state index in [9.17, 15) is 14.4 Å². The van der Waals surface area contributed by atoms with E-state index in [0.717, 1.165) is 37.7 Å². The van der Waals surface area contributed by atoms with Gasteiger partial charge in [-0.2, -0.15) is 0 Å². The number of amides is 3. The maximum atomic E-state index is 13.9. The van der Waals surface area contributed by atoms with Gasteiger partial charge in [0.15, 0.2) is 0 Å². The van der Waals surface area contributed by atoms with Crippen molar-refractivity contribution in [2.45, 2.75) is 97.1 Å². The number of rotatable bonds is 5. The minimum absolute atomic E-state index is 0.0730. The lowest BCUT2D eigenvalue weighted by molar-refractivity contribution is -0.143. The quantitative estimate of drug-likeness (QED) is 0.649. The molecule has 2 fully saturated rings. The molecule has 1 aromatic carbocycles. The Kier molecular flexibility index (Phi) is 9.03. The summed E-state index contributed by atoms with van der Waals surface area (Å²) in [6, 6.07) is 8.44. The molecule has 3 amide bonds. The highest BCUT2D eigenvalue weighted by molar-refractivity contribution is 5.87. The van der Waals surface area contributed by atoms with Gasteiger partial charge in [-0.25, -0.2) is 9.59 Å². The van der Waals surface area contributed by atoms with Gasteiger partial charge in [0, 0.05) is 25.2 Å². The Morgan fingerprint density at radius 2 is 1.60 bits per heavy atom. The molecule has 2 aliphatic rings. The lowest BCUT2D eigenvalue weighted by Crippen LogP contribution is -2.64. The Morgan fingerprint density at radius 1 is 1.00 bits per heavy atom. The van der Waals surface area contributed by atoms with Gasteiger partial charge in [-0.3, -0.25) is 4.79 Å². The van der Waals surface area contributed by atoms with Crippen LogP contribution in [-0.4, -0.2) is 64.7 Å². The van der Waals surface area contributed by atoms with Gasteiger partial charge >= 0.3 is 12.2 Å². The van der Waals surface area contributed by atoms with E-state index in [2.05, 4.69) is 5.32 Å². The molecule has 1 saturated heterocycles. The summed E-state index contributed by atoms with van der Waals surface area (Å²) in [4.78, 5) is 42.7. The van der Waals surface area contributed by atoms with Crippen molar-refractivity contribution in [3.8, 4) is 0 Å². The van der Waals surface area contributed by atoms with Crippen molar-refractivity contribution >= 4 is 18.1 Å². The molecule has 1 aliphatic heterocycles. The maximum Gasteiger partial charge on any atom is 0.410 e. The molecule has 1 aromatic rings. The molecule has 8 heteroatoms. The SMILES string of the molecule is C[C@H]1CN(C(=O)OC(C)(C)C)C[C@H](C)N1C(=O)[C@H](NC(=O)OCc1ccccc1)C1CCCCC1. The predicted molar refractivity (Wildman–Crippen MR) is 134 cm³/mol. The first-order chi connectivity index (χ1) is 16.5. The smallest absolute Gasteiger partial charge is 0.410 e. The molecule has 0 unspecified atom stereocenters. The Bertz CT molecular complexity index is 851. The molecule has 1 aliphatic carbocycles. The van der Waals surface area contributed by atoms with Gasteiger partial charge < -0.3 is 24.6 Å². The lowest BCUT2D eigenvalue weighted by atomic mass is 9.83. The van der Waals surface area contributed by atoms with Gasteiger partial charge in [-0.1, -0.05) is 49.6 Å². The number of nitrogens with one attached hydrogen (secondary N) is 1. The summed E-state index contributed by atoms with van der Waals surface area (Å²) in [6.07, 6.45) is 4.10. The molecule has 194 valence electrons. The molecule has 1 saturated carbocycles. The molecular weight excluding hydrogens is 446 g/mol. The van der Waals surface area contributed by atoms with Crippen LogP contribution in [0, 0.1) is 5.92 Å². The first kappa shape index (κ1) is 26.8. The zero-order chi connectivity index (χ0) is 25.6. The standard InChI is InChI=1S/C27H41N3O5/c1-19-16-29(26(33)35-27(3,4)5)17-20(2)30(19)24(31)23(22-14-10-7-11-15-22)28-25(32)34-18-21-12-8-6-9-13-21/h6,8-9,12-13,19-20,22-23H,7,10-11,14-18H2,1-5H3,(H,28,32)/t19-,20-,23+/m0/s1. The van der Waals surface area contributed by atoms with Crippen molar-refractivity contribution in [2.75, 3.05) is 13.1 Å². The van der Waals surface area contributed by atoms with Crippen molar-refractivity contribution in [3.05, 3.63) is 35.9 Å². The minimum Gasteiger partial charge on any atom is -0.445 e. The monoisotopic (exact) mass is 487 g/mol. The van der Waals surface area contributed by atoms with E-state index >= 15 is 0 Å². The number of benzene rings is 1. The van der Waals surface area contributed by atoms with Crippen molar-refractivity contribution < 1.29 is 23.9 Å². The van der Waals surface area contributed by atoms with Gasteiger partial charge in [0.2, 0.25) is 5.91 Å². The summed E-state index contributed by atoms with van der Waals surface area (Å²) in [5, 5.41) is 2.90. The molecule has 3 rings (SSSR count). The van der Waals surface area contributed by atoms with E-state index in [1.807, 2.05) is 69.9 Å². The van der Waals surface area contributed by atoms with Gasteiger partial charge in [0.05, 0.1) is 0 Å². The minimum atomic E-state index is -0.642. The molecule has 0 spiro atoms. The number of ether oxygens (including phenoxy) is 2. The third-order valence-corrected chi connectivity index (χ3v) is 6.70. The van der Waals surface area contributed by atoms with E-state index < -0.39 is 17.7 Å². The number of piperazine rings is 1. The van der Waals surface area contributed by atoms with Crippen molar-refractivity contribution in [1.29, 1.82) is 0 Å². The van der Waals surface area contributed by atoms with Gasteiger partial charge in [0.25, 0.3) is 0 Å². The first-order valence-corrected chi connectivity index (χ1v) is 12.8. The van der Waals surface area contributed by atoms with Crippen LogP contribution >= 0.6 is 0 Å². The van der Waals surface area contributed by atoms with Crippen LogP contribution in [0.1, 0.15) is 72.3 Å². The van der Waals surface area contributed by atoms with E-state index in [1.54, 1.807) is 4.90 Å². The highest BCUT2D eigenvalue weighted by Gasteiger charge is 2.41. The van der Waals surface area contributed by atoms with Gasteiger partial charge in [-0.15, -0.1) is 0 Å². The van der Waals surface area contributed by atoms with Crippen molar-refractivity contribution in [1.82, 2.24) is 15.1 Å². The fourth-order valence-corrected chi connectivity index (χ4v) is 5.13. The van der Waals surface area contributed by atoms with Crippen molar-refractivity contribution in [3.63, 3.8) is 0 Å². The second kappa shape index (κ2) is 11.8. The number of hydrogen-bond donors (Lipinski definition) is 1. The predicted octanol–water partition coefficient (Wildman–Crippen LogP) is 4.72. The first-order valence-electron chi connectivity index (χ1n) is 12.8. The zero-order valence-electron chi connectivity index (χ0n) is 21.8.